The summed E-state index contributed by atoms with van der Waals surface area (Å²) in [5, 5.41) is 7.24. The number of morpholine rings is 1. The Morgan fingerprint density at radius 1 is 1.30 bits per heavy atom. The number of nitrogens with one attached hydrogen (secondary N) is 2. The van der Waals surface area contributed by atoms with Crippen LogP contribution in [0.4, 0.5) is 0 Å². The van der Waals surface area contributed by atoms with E-state index in [9.17, 15) is 0 Å². The largest absolute Gasteiger partial charge is 0.379 e. The molecular formula is C16H33N3O. The summed E-state index contributed by atoms with van der Waals surface area (Å²) < 4.78 is 5.48. The van der Waals surface area contributed by atoms with Crippen molar-refractivity contribution in [1.29, 1.82) is 0 Å². The van der Waals surface area contributed by atoms with E-state index in [1.807, 2.05) is 0 Å². The fourth-order valence-electron chi connectivity index (χ4n) is 3.40. The molecule has 2 fully saturated rings. The molecule has 4 nitrogen and oxygen atoms in total. The van der Waals surface area contributed by atoms with Gasteiger partial charge in [-0.15, -0.1) is 0 Å². The average Bonchev–Trinajstić information content (AvgIpc) is 2.48. The maximum absolute atomic E-state index is 5.48. The Hall–Kier alpha value is -0.160. The third-order valence-corrected chi connectivity index (χ3v) is 4.52. The topological polar surface area (TPSA) is 36.5 Å². The first-order chi connectivity index (χ1) is 9.75. The van der Waals surface area contributed by atoms with Crippen LogP contribution in [0.25, 0.3) is 0 Å². The highest BCUT2D eigenvalue weighted by molar-refractivity contribution is 4.79. The van der Waals surface area contributed by atoms with Gasteiger partial charge in [0.2, 0.25) is 0 Å². The molecule has 0 amide bonds. The lowest BCUT2D eigenvalue weighted by Crippen LogP contribution is -2.49. The van der Waals surface area contributed by atoms with Gasteiger partial charge in [-0.25, -0.2) is 0 Å². The smallest absolute Gasteiger partial charge is 0.0594 e. The number of rotatable bonds is 7. The van der Waals surface area contributed by atoms with Gasteiger partial charge in [0.1, 0.15) is 0 Å². The lowest BCUT2D eigenvalue weighted by Gasteiger charge is -2.36. The van der Waals surface area contributed by atoms with E-state index in [0.717, 1.165) is 44.7 Å². The van der Waals surface area contributed by atoms with Crippen molar-refractivity contribution >= 4 is 0 Å². The Balaban J connectivity index is 1.71. The summed E-state index contributed by atoms with van der Waals surface area (Å²) >= 11 is 0. The first kappa shape index (κ1) is 16.2. The van der Waals surface area contributed by atoms with Crippen molar-refractivity contribution in [3.8, 4) is 0 Å². The quantitative estimate of drug-likeness (QED) is 0.739. The van der Waals surface area contributed by atoms with Crippen LogP contribution in [-0.2, 0) is 4.74 Å². The molecule has 4 heteroatoms. The summed E-state index contributed by atoms with van der Waals surface area (Å²) in [4.78, 5) is 2.62. The second kappa shape index (κ2) is 8.98. The lowest BCUT2D eigenvalue weighted by molar-refractivity contribution is 0.0122. The van der Waals surface area contributed by atoms with E-state index < -0.39 is 0 Å². The Bertz CT molecular complexity index is 248. The highest BCUT2D eigenvalue weighted by Gasteiger charge is 2.22. The zero-order valence-corrected chi connectivity index (χ0v) is 13.4. The summed E-state index contributed by atoms with van der Waals surface area (Å²) in [6.45, 7) is 13.4. The molecule has 2 unspecified atom stereocenters. The molecule has 2 aliphatic rings. The van der Waals surface area contributed by atoms with E-state index in [1.54, 1.807) is 0 Å². The van der Waals surface area contributed by atoms with Gasteiger partial charge in [0.25, 0.3) is 0 Å². The molecule has 118 valence electrons. The molecule has 2 aliphatic heterocycles. The molecule has 0 saturated carbocycles. The molecule has 2 heterocycles. The van der Waals surface area contributed by atoms with Crippen molar-refractivity contribution in [2.75, 3.05) is 52.5 Å². The minimum Gasteiger partial charge on any atom is -0.379 e. The van der Waals surface area contributed by atoms with Crippen LogP contribution in [0.1, 0.15) is 33.1 Å². The number of nitrogens with zero attached hydrogens (tertiary/aromatic N) is 1. The summed E-state index contributed by atoms with van der Waals surface area (Å²) in [7, 11) is 0. The van der Waals surface area contributed by atoms with E-state index in [0.29, 0.717) is 6.04 Å². The first-order valence-electron chi connectivity index (χ1n) is 8.49. The highest BCUT2D eigenvalue weighted by atomic mass is 16.5. The molecule has 2 N–H and O–H groups in total. The van der Waals surface area contributed by atoms with Crippen LogP contribution >= 0.6 is 0 Å². The fraction of sp³-hybridized carbons (Fsp3) is 1.00. The van der Waals surface area contributed by atoms with Gasteiger partial charge < -0.3 is 15.4 Å². The normalized spacial score (nSPS) is 26.9. The molecule has 0 bridgehead atoms. The molecule has 0 aromatic heterocycles. The number of piperidine rings is 1. The van der Waals surface area contributed by atoms with E-state index in [1.165, 1.54) is 38.9 Å². The second-order valence-electron chi connectivity index (χ2n) is 6.80. The summed E-state index contributed by atoms with van der Waals surface area (Å²) in [6.07, 6.45) is 4.01. The van der Waals surface area contributed by atoms with Gasteiger partial charge in [-0.3, -0.25) is 4.90 Å². The van der Waals surface area contributed by atoms with Crippen LogP contribution in [0.2, 0.25) is 0 Å². The Labute approximate surface area is 124 Å². The molecule has 0 aromatic carbocycles. The maximum Gasteiger partial charge on any atom is 0.0594 e. The Kier molecular flexibility index (Phi) is 7.28. The third-order valence-electron chi connectivity index (χ3n) is 4.52. The van der Waals surface area contributed by atoms with Crippen LogP contribution in [0, 0.1) is 11.8 Å². The van der Waals surface area contributed by atoms with Gasteiger partial charge in [-0.1, -0.05) is 13.8 Å². The Morgan fingerprint density at radius 2 is 2.10 bits per heavy atom. The van der Waals surface area contributed by atoms with E-state index in [4.69, 9.17) is 4.74 Å². The predicted molar refractivity (Wildman–Crippen MR) is 84.1 cm³/mol. The number of hydrogen-bond acceptors (Lipinski definition) is 4. The predicted octanol–water partition coefficient (Wildman–Crippen LogP) is 1.32. The fourth-order valence-corrected chi connectivity index (χ4v) is 3.40. The third kappa shape index (κ3) is 5.68. The number of ether oxygens (including phenoxy) is 1. The molecule has 2 rings (SSSR count). The van der Waals surface area contributed by atoms with Crippen LogP contribution in [0.5, 0.6) is 0 Å². The monoisotopic (exact) mass is 283 g/mol. The minimum absolute atomic E-state index is 0.676. The van der Waals surface area contributed by atoms with Crippen molar-refractivity contribution < 1.29 is 4.74 Å². The van der Waals surface area contributed by atoms with E-state index in [-0.39, 0.29) is 0 Å². The van der Waals surface area contributed by atoms with Crippen LogP contribution in [-0.4, -0.2) is 63.4 Å². The van der Waals surface area contributed by atoms with Gasteiger partial charge in [0.15, 0.2) is 0 Å². The Morgan fingerprint density at radius 3 is 2.75 bits per heavy atom. The first-order valence-corrected chi connectivity index (χ1v) is 8.49. The van der Waals surface area contributed by atoms with E-state index in [2.05, 4.69) is 29.4 Å². The molecule has 0 aliphatic carbocycles. The van der Waals surface area contributed by atoms with E-state index >= 15 is 0 Å². The van der Waals surface area contributed by atoms with Gasteiger partial charge in [0.05, 0.1) is 13.2 Å². The van der Waals surface area contributed by atoms with Crippen LogP contribution < -0.4 is 10.6 Å². The van der Waals surface area contributed by atoms with Gasteiger partial charge in [-0.05, 0) is 50.7 Å². The zero-order chi connectivity index (χ0) is 14.2. The van der Waals surface area contributed by atoms with Crippen LogP contribution in [0.3, 0.4) is 0 Å². The zero-order valence-electron chi connectivity index (χ0n) is 13.4. The second-order valence-corrected chi connectivity index (χ2v) is 6.80. The summed E-state index contributed by atoms with van der Waals surface area (Å²) in [5.41, 5.74) is 0. The summed E-state index contributed by atoms with van der Waals surface area (Å²) in [6, 6.07) is 0.676. The van der Waals surface area contributed by atoms with Gasteiger partial charge in [0, 0.05) is 25.7 Å². The lowest BCUT2D eigenvalue weighted by atomic mass is 9.98. The molecule has 20 heavy (non-hydrogen) atoms. The molecule has 2 atom stereocenters. The van der Waals surface area contributed by atoms with Crippen LogP contribution in [0.15, 0.2) is 0 Å². The van der Waals surface area contributed by atoms with Crippen molar-refractivity contribution in [2.45, 2.75) is 39.2 Å². The van der Waals surface area contributed by atoms with Gasteiger partial charge >= 0.3 is 0 Å². The minimum atomic E-state index is 0.676. The maximum atomic E-state index is 5.48. The molecule has 0 aromatic rings. The standard InChI is InChI=1S/C16H33N3O/c1-14(2)10-16(19-6-8-20-9-7-19)13-18-12-15-4-3-5-17-11-15/h14-18H,3-13H2,1-2H3. The molecule has 0 spiro atoms. The SMILES string of the molecule is CC(C)CC(CNCC1CCCNC1)N1CCOCC1. The average molecular weight is 283 g/mol. The molecule has 2 saturated heterocycles. The van der Waals surface area contributed by atoms with Gasteiger partial charge in [-0.2, -0.15) is 0 Å². The molecular weight excluding hydrogens is 250 g/mol. The van der Waals surface area contributed by atoms with Crippen molar-refractivity contribution in [3.05, 3.63) is 0 Å². The van der Waals surface area contributed by atoms with Crippen molar-refractivity contribution in [2.24, 2.45) is 11.8 Å². The number of hydrogen-bond donors (Lipinski definition) is 2. The molecule has 0 radical (unpaired) electrons. The van der Waals surface area contributed by atoms with Crippen molar-refractivity contribution in [3.63, 3.8) is 0 Å². The summed E-state index contributed by atoms with van der Waals surface area (Å²) in [5.74, 6) is 1.59. The van der Waals surface area contributed by atoms with Crippen molar-refractivity contribution in [1.82, 2.24) is 15.5 Å². The highest BCUT2D eigenvalue weighted by Crippen LogP contribution is 2.14.